The lowest BCUT2D eigenvalue weighted by atomic mass is 10.1. The minimum absolute atomic E-state index is 0.0432. The van der Waals surface area contributed by atoms with E-state index in [9.17, 15) is 9.59 Å². The monoisotopic (exact) mass is 416 g/mol. The summed E-state index contributed by atoms with van der Waals surface area (Å²) in [5.74, 6) is 0.460. The smallest absolute Gasteiger partial charge is 0.265 e. The fraction of sp³-hybridized carbons (Fsp3) is 0.231. The topological polar surface area (TPSA) is 67.4 Å². The molecule has 3 rings (SSSR count). The van der Waals surface area contributed by atoms with Crippen LogP contribution >= 0.6 is 0 Å². The number of aryl methyl sites for hydroxylation is 2. The summed E-state index contributed by atoms with van der Waals surface area (Å²) in [6, 6.07) is 24.6. The van der Waals surface area contributed by atoms with Crippen molar-refractivity contribution in [2.24, 2.45) is 0 Å². The van der Waals surface area contributed by atoms with Crippen molar-refractivity contribution in [2.45, 2.75) is 39.2 Å². The number of hydrogen-bond donors (Lipinski definition) is 2. The van der Waals surface area contributed by atoms with Gasteiger partial charge in [0, 0.05) is 17.8 Å². The molecule has 5 nitrogen and oxygen atoms in total. The molecule has 0 bridgehead atoms. The normalized spacial score (nSPS) is 11.4. The number of amides is 2. The van der Waals surface area contributed by atoms with Crippen molar-refractivity contribution >= 4 is 23.2 Å². The van der Waals surface area contributed by atoms with Crippen molar-refractivity contribution in [1.82, 2.24) is 0 Å². The fourth-order valence-corrected chi connectivity index (χ4v) is 3.15. The predicted molar refractivity (Wildman–Crippen MR) is 124 cm³/mol. The SMILES string of the molecule is CC[C@@H](Oc1ccccc1C)C(=O)Nc1ccc(NC(=O)CCc2ccccc2)cc1. The zero-order chi connectivity index (χ0) is 22.1. The van der Waals surface area contributed by atoms with Gasteiger partial charge in [-0.2, -0.15) is 0 Å². The Morgan fingerprint density at radius 1 is 0.839 bits per heavy atom. The summed E-state index contributed by atoms with van der Waals surface area (Å²) in [5.41, 5.74) is 3.47. The first-order valence-electron chi connectivity index (χ1n) is 10.5. The van der Waals surface area contributed by atoms with Gasteiger partial charge in [0.1, 0.15) is 5.75 Å². The molecule has 0 fully saturated rings. The number of carbonyl (C=O) groups excluding carboxylic acids is 2. The zero-order valence-electron chi connectivity index (χ0n) is 17.9. The van der Waals surface area contributed by atoms with Crippen molar-refractivity contribution in [2.75, 3.05) is 10.6 Å². The van der Waals surface area contributed by atoms with E-state index < -0.39 is 6.10 Å². The van der Waals surface area contributed by atoms with Crippen LogP contribution in [0.2, 0.25) is 0 Å². The molecule has 160 valence electrons. The van der Waals surface area contributed by atoms with E-state index >= 15 is 0 Å². The van der Waals surface area contributed by atoms with E-state index in [1.165, 1.54) is 0 Å². The van der Waals surface area contributed by atoms with Gasteiger partial charge >= 0.3 is 0 Å². The van der Waals surface area contributed by atoms with Crippen molar-refractivity contribution in [3.63, 3.8) is 0 Å². The molecule has 0 aliphatic heterocycles. The van der Waals surface area contributed by atoms with E-state index in [-0.39, 0.29) is 11.8 Å². The Morgan fingerprint density at radius 3 is 2.10 bits per heavy atom. The summed E-state index contributed by atoms with van der Waals surface area (Å²) in [4.78, 5) is 24.8. The van der Waals surface area contributed by atoms with Gasteiger partial charge in [0.15, 0.2) is 6.10 Å². The summed E-state index contributed by atoms with van der Waals surface area (Å²) < 4.78 is 5.90. The van der Waals surface area contributed by atoms with Gasteiger partial charge in [0.2, 0.25) is 5.91 Å². The molecule has 3 aromatic carbocycles. The van der Waals surface area contributed by atoms with Gasteiger partial charge in [-0.3, -0.25) is 9.59 Å². The average molecular weight is 417 g/mol. The van der Waals surface area contributed by atoms with E-state index in [2.05, 4.69) is 10.6 Å². The lowest BCUT2D eigenvalue weighted by molar-refractivity contribution is -0.122. The van der Waals surface area contributed by atoms with Crippen LogP contribution in [0.3, 0.4) is 0 Å². The molecule has 0 aliphatic carbocycles. The van der Waals surface area contributed by atoms with Gasteiger partial charge < -0.3 is 15.4 Å². The summed E-state index contributed by atoms with van der Waals surface area (Å²) in [7, 11) is 0. The van der Waals surface area contributed by atoms with E-state index in [0.29, 0.717) is 36.4 Å². The maximum Gasteiger partial charge on any atom is 0.265 e. The predicted octanol–water partition coefficient (Wildman–Crippen LogP) is 5.36. The molecular formula is C26H28N2O3. The Hall–Kier alpha value is -3.60. The highest BCUT2D eigenvalue weighted by atomic mass is 16.5. The number of nitrogens with one attached hydrogen (secondary N) is 2. The summed E-state index contributed by atoms with van der Waals surface area (Å²) in [6.45, 7) is 3.86. The van der Waals surface area contributed by atoms with Crippen molar-refractivity contribution in [1.29, 1.82) is 0 Å². The van der Waals surface area contributed by atoms with Crippen LogP contribution < -0.4 is 15.4 Å². The third kappa shape index (κ3) is 6.71. The maximum absolute atomic E-state index is 12.6. The summed E-state index contributed by atoms with van der Waals surface area (Å²) in [6.07, 6.45) is 1.07. The van der Waals surface area contributed by atoms with E-state index in [1.807, 2.05) is 68.4 Å². The van der Waals surface area contributed by atoms with Gasteiger partial charge in [-0.1, -0.05) is 55.5 Å². The number of hydrogen-bond acceptors (Lipinski definition) is 3. The summed E-state index contributed by atoms with van der Waals surface area (Å²) in [5, 5.41) is 5.77. The molecule has 2 amide bonds. The number of rotatable bonds is 9. The molecule has 0 aromatic heterocycles. The van der Waals surface area contributed by atoms with Gasteiger partial charge in [0.05, 0.1) is 0 Å². The number of benzene rings is 3. The highest BCUT2D eigenvalue weighted by Crippen LogP contribution is 2.20. The minimum Gasteiger partial charge on any atom is -0.480 e. The molecule has 31 heavy (non-hydrogen) atoms. The number of carbonyl (C=O) groups is 2. The molecule has 0 aliphatic rings. The molecular weight excluding hydrogens is 388 g/mol. The number of para-hydroxylation sites is 1. The molecule has 3 aromatic rings. The van der Waals surface area contributed by atoms with Crippen LogP contribution in [-0.2, 0) is 16.0 Å². The highest BCUT2D eigenvalue weighted by Gasteiger charge is 2.19. The Morgan fingerprint density at radius 2 is 1.45 bits per heavy atom. The first-order chi connectivity index (χ1) is 15.0. The van der Waals surface area contributed by atoms with Gasteiger partial charge in [-0.25, -0.2) is 0 Å². The minimum atomic E-state index is -0.585. The first-order valence-corrected chi connectivity index (χ1v) is 10.5. The molecule has 0 heterocycles. The molecule has 2 N–H and O–H groups in total. The molecule has 0 radical (unpaired) electrons. The lowest BCUT2D eigenvalue weighted by Gasteiger charge is -2.18. The average Bonchev–Trinajstić information content (AvgIpc) is 2.79. The van der Waals surface area contributed by atoms with Crippen LogP contribution in [0.4, 0.5) is 11.4 Å². The third-order valence-corrected chi connectivity index (χ3v) is 4.95. The van der Waals surface area contributed by atoms with Gasteiger partial charge in [-0.05, 0) is 61.2 Å². The van der Waals surface area contributed by atoms with Crippen molar-refractivity contribution in [3.05, 3.63) is 90.0 Å². The molecule has 0 unspecified atom stereocenters. The fourth-order valence-electron chi connectivity index (χ4n) is 3.15. The molecule has 5 heteroatoms. The number of ether oxygens (including phenoxy) is 1. The third-order valence-electron chi connectivity index (χ3n) is 4.95. The van der Waals surface area contributed by atoms with Crippen LogP contribution in [0.25, 0.3) is 0 Å². The lowest BCUT2D eigenvalue weighted by Crippen LogP contribution is -2.32. The van der Waals surface area contributed by atoms with Crippen LogP contribution in [-0.4, -0.2) is 17.9 Å². The quantitative estimate of drug-likeness (QED) is 0.493. The standard InChI is InChI=1S/C26H28N2O3/c1-3-23(31-24-12-8-7-9-19(24)2)26(30)28-22-16-14-21(15-17-22)27-25(29)18-13-20-10-5-4-6-11-20/h4-12,14-17,23H,3,13,18H2,1-2H3,(H,27,29)(H,28,30)/t23-/m1/s1. The van der Waals surface area contributed by atoms with E-state index in [1.54, 1.807) is 24.3 Å². The second-order valence-electron chi connectivity index (χ2n) is 7.38. The molecule has 0 spiro atoms. The Balaban J connectivity index is 1.51. The van der Waals surface area contributed by atoms with Crippen molar-refractivity contribution < 1.29 is 14.3 Å². The van der Waals surface area contributed by atoms with Crippen LogP contribution in [0.15, 0.2) is 78.9 Å². The molecule has 1 atom stereocenters. The van der Waals surface area contributed by atoms with Crippen LogP contribution in [0, 0.1) is 6.92 Å². The Bertz CT molecular complexity index is 1000. The summed E-state index contributed by atoms with van der Waals surface area (Å²) >= 11 is 0. The first kappa shape index (κ1) is 22.1. The second-order valence-corrected chi connectivity index (χ2v) is 7.38. The Kier molecular flexibility index (Phi) is 7.82. The maximum atomic E-state index is 12.6. The molecule has 0 saturated heterocycles. The number of anilines is 2. The van der Waals surface area contributed by atoms with Crippen LogP contribution in [0.1, 0.15) is 30.9 Å². The van der Waals surface area contributed by atoms with E-state index in [4.69, 9.17) is 4.74 Å². The van der Waals surface area contributed by atoms with Gasteiger partial charge in [0.25, 0.3) is 5.91 Å². The largest absolute Gasteiger partial charge is 0.480 e. The zero-order valence-corrected chi connectivity index (χ0v) is 17.9. The molecule has 0 saturated carbocycles. The highest BCUT2D eigenvalue weighted by molar-refractivity contribution is 5.95. The second kappa shape index (κ2) is 11.0. The van der Waals surface area contributed by atoms with Crippen molar-refractivity contribution in [3.8, 4) is 5.75 Å². The Labute approximate surface area is 183 Å². The van der Waals surface area contributed by atoms with Crippen LogP contribution in [0.5, 0.6) is 5.75 Å². The van der Waals surface area contributed by atoms with Gasteiger partial charge in [-0.15, -0.1) is 0 Å². The van der Waals surface area contributed by atoms with E-state index in [0.717, 1.165) is 11.1 Å².